The van der Waals surface area contributed by atoms with Gasteiger partial charge in [-0.05, 0) is 68.7 Å². The minimum atomic E-state index is -4.89. The molecule has 5 rings (SSSR count). The minimum absolute atomic E-state index is 0.0211. The predicted molar refractivity (Wildman–Crippen MR) is 127 cm³/mol. The van der Waals surface area contributed by atoms with E-state index < -0.39 is 23.9 Å². The van der Waals surface area contributed by atoms with Crippen LogP contribution in [0.25, 0.3) is 0 Å². The van der Waals surface area contributed by atoms with Crippen molar-refractivity contribution in [1.29, 1.82) is 0 Å². The van der Waals surface area contributed by atoms with Crippen molar-refractivity contribution in [2.75, 3.05) is 30.0 Å². The van der Waals surface area contributed by atoms with Gasteiger partial charge in [-0.1, -0.05) is 0 Å². The molecule has 2 saturated heterocycles. The van der Waals surface area contributed by atoms with Crippen LogP contribution in [-0.4, -0.2) is 60.0 Å². The van der Waals surface area contributed by atoms with Crippen molar-refractivity contribution in [3.8, 4) is 5.88 Å². The van der Waals surface area contributed by atoms with Crippen LogP contribution in [0.5, 0.6) is 5.88 Å². The van der Waals surface area contributed by atoms with Crippen molar-refractivity contribution >= 4 is 23.2 Å². The van der Waals surface area contributed by atoms with E-state index in [4.69, 9.17) is 9.47 Å². The minimum Gasteiger partial charge on any atom is -0.475 e. The van der Waals surface area contributed by atoms with Crippen molar-refractivity contribution in [1.82, 2.24) is 15.3 Å². The third-order valence-electron chi connectivity index (χ3n) is 7.27. The number of hydrogen-bond acceptors (Lipinski definition) is 7. The van der Waals surface area contributed by atoms with Gasteiger partial charge in [0.2, 0.25) is 11.8 Å². The number of anilines is 3. The number of halogens is 4. The van der Waals surface area contributed by atoms with Crippen LogP contribution in [0.1, 0.15) is 38.5 Å². The van der Waals surface area contributed by atoms with E-state index in [1.165, 1.54) is 0 Å². The molecule has 0 spiro atoms. The number of aromatic nitrogens is 2. The summed E-state index contributed by atoms with van der Waals surface area (Å²) in [5, 5.41) is 5.09. The first-order valence-electron chi connectivity index (χ1n) is 12.5. The van der Waals surface area contributed by atoms with Crippen LogP contribution in [0.2, 0.25) is 0 Å². The molecule has 37 heavy (non-hydrogen) atoms. The smallest absolute Gasteiger partial charge is 0.471 e. The van der Waals surface area contributed by atoms with Gasteiger partial charge in [-0.3, -0.25) is 4.79 Å². The highest BCUT2D eigenvalue weighted by Gasteiger charge is 2.40. The van der Waals surface area contributed by atoms with E-state index in [9.17, 15) is 22.4 Å². The lowest BCUT2D eigenvalue weighted by atomic mass is 9.86. The molecular weight excluding hydrogens is 494 g/mol. The Kier molecular flexibility index (Phi) is 7.36. The summed E-state index contributed by atoms with van der Waals surface area (Å²) >= 11 is 0. The molecule has 200 valence electrons. The van der Waals surface area contributed by atoms with Gasteiger partial charge in [0, 0.05) is 17.4 Å². The number of morpholine rings is 1. The van der Waals surface area contributed by atoms with Gasteiger partial charge in [-0.2, -0.15) is 22.5 Å². The summed E-state index contributed by atoms with van der Waals surface area (Å²) in [4.78, 5) is 21.7. The molecule has 2 aromatic rings. The van der Waals surface area contributed by atoms with E-state index in [-0.39, 0.29) is 24.4 Å². The van der Waals surface area contributed by atoms with Crippen LogP contribution >= 0.6 is 0 Å². The van der Waals surface area contributed by atoms with E-state index in [1.54, 1.807) is 0 Å². The maximum absolute atomic E-state index is 14.3. The Morgan fingerprint density at radius 3 is 2.38 bits per heavy atom. The SMILES string of the molecule is O=C(NC1CCC(COc2nc(Nc3ccc(N4[C@@H]5CC[C@@H]4COC5)cc3)ncc2F)CC1)C(F)(F)F. The summed E-state index contributed by atoms with van der Waals surface area (Å²) in [5.74, 6) is -2.60. The Bertz CT molecular complexity index is 1080. The fourth-order valence-corrected chi connectivity index (χ4v) is 5.35. The van der Waals surface area contributed by atoms with Crippen LogP contribution in [0, 0.1) is 11.7 Å². The number of hydrogen-bond donors (Lipinski definition) is 2. The Labute approximate surface area is 211 Å². The van der Waals surface area contributed by atoms with Gasteiger partial charge in [0.1, 0.15) is 0 Å². The average Bonchev–Trinajstić information content (AvgIpc) is 3.12. The zero-order valence-electron chi connectivity index (χ0n) is 20.1. The van der Waals surface area contributed by atoms with Gasteiger partial charge in [-0.15, -0.1) is 0 Å². The molecule has 2 atom stereocenters. The summed E-state index contributed by atoms with van der Waals surface area (Å²) in [6.45, 7) is 1.67. The predicted octanol–water partition coefficient (Wildman–Crippen LogP) is 4.34. The van der Waals surface area contributed by atoms with Crippen LogP contribution in [0.4, 0.5) is 34.9 Å². The first-order chi connectivity index (χ1) is 17.8. The topological polar surface area (TPSA) is 88.6 Å². The summed E-state index contributed by atoms with van der Waals surface area (Å²) in [5.41, 5.74) is 1.89. The van der Waals surface area contributed by atoms with Gasteiger partial charge >= 0.3 is 12.1 Å². The van der Waals surface area contributed by atoms with Gasteiger partial charge in [0.25, 0.3) is 5.88 Å². The van der Waals surface area contributed by atoms with Crippen LogP contribution in [-0.2, 0) is 9.53 Å². The first kappa shape index (κ1) is 25.5. The lowest BCUT2D eigenvalue weighted by Gasteiger charge is -2.36. The summed E-state index contributed by atoms with van der Waals surface area (Å²) in [6, 6.07) is 8.21. The third kappa shape index (κ3) is 6.06. The quantitative estimate of drug-likeness (QED) is 0.522. The molecule has 2 bridgehead atoms. The zero-order valence-corrected chi connectivity index (χ0v) is 20.1. The second kappa shape index (κ2) is 10.7. The second-order valence-corrected chi connectivity index (χ2v) is 9.85. The standard InChI is InChI=1S/C25H29F4N5O3/c26-21-11-30-24(32-17-5-7-18(8-6-17)34-19-9-10-20(34)14-36-13-19)33-22(21)37-12-15-1-3-16(4-2-15)31-23(35)25(27,28)29/h5-8,11,15-16,19-20H,1-4,9-10,12-14H2,(H,31,35)(H,30,32,33)/t15?,16?,19-,20-/m1/s1. The monoisotopic (exact) mass is 523 g/mol. The molecule has 8 nitrogen and oxygen atoms in total. The van der Waals surface area contributed by atoms with E-state index >= 15 is 0 Å². The van der Waals surface area contributed by atoms with Crippen molar-refractivity contribution in [2.45, 2.75) is 62.8 Å². The molecule has 1 amide bonds. The first-order valence-corrected chi connectivity index (χ1v) is 12.5. The number of benzene rings is 1. The lowest BCUT2D eigenvalue weighted by molar-refractivity contribution is -0.174. The number of nitrogens with zero attached hydrogens (tertiary/aromatic N) is 3. The highest BCUT2D eigenvalue weighted by Crippen LogP contribution is 2.34. The van der Waals surface area contributed by atoms with E-state index in [0.29, 0.717) is 37.8 Å². The Balaban J connectivity index is 1.13. The van der Waals surface area contributed by atoms with Crippen molar-refractivity contribution < 1.29 is 31.8 Å². The number of fused-ring (bicyclic) bond motifs is 2. The van der Waals surface area contributed by atoms with Gasteiger partial charge in [0.15, 0.2) is 0 Å². The van der Waals surface area contributed by atoms with E-state index in [2.05, 4.69) is 20.2 Å². The number of amides is 1. The number of alkyl halides is 3. The molecule has 3 aliphatic rings. The fourth-order valence-electron chi connectivity index (χ4n) is 5.35. The molecule has 1 saturated carbocycles. The van der Waals surface area contributed by atoms with Gasteiger partial charge in [0.05, 0.1) is 38.1 Å². The molecule has 2 N–H and O–H groups in total. The van der Waals surface area contributed by atoms with Crippen molar-refractivity contribution in [2.24, 2.45) is 5.92 Å². The van der Waals surface area contributed by atoms with Crippen LogP contribution in [0.3, 0.4) is 0 Å². The molecule has 2 aliphatic heterocycles. The number of carbonyl (C=O) groups excluding carboxylic acids is 1. The van der Waals surface area contributed by atoms with Crippen LogP contribution < -0.4 is 20.3 Å². The molecule has 1 aromatic carbocycles. The molecule has 1 aliphatic carbocycles. The number of ether oxygens (including phenoxy) is 2. The molecule has 3 fully saturated rings. The van der Waals surface area contributed by atoms with Crippen molar-refractivity contribution in [3.05, 3.63) is 36.3 Å². The second-order valence-electron chi connectivity index (χ2n) is 9.85. The number of nitrogens with one attached hydrogen (secondary N) is 2. The molecule has 0 radical (unpaired) electrons. The molecule has 1 aromatic heterocycles. The fraction of sp³-hybridized carbons (Fsp3) is 0.560. The normalized spacial score (nSPS) is 25.6. The average molecular weight is 524 g/mol. The van der Waals surface area contributed by atoms with Gasteiger partial charge < -0.3 is 25.0 Å². The highest BCUT2D eigenvalue weighted by molar-refractivity contribution is 5.81. The Morgan fingerprint density at radius 2 is 1.73 bits per heavy atom. The Morgan fingerprint density at radius 1 is 1.05 bits per heavy atom. The summed E-state index contributed by atoms with van der Waals surface area (Å²) in [7, 11) is 0. The Hall–Kier alpha value is -3.15. The highest BCUT2D eigenvalue weighted by atomic mass is 19.4. The molecular formula is C25H29F4N5O3. The lowest BCUT2D eigenvalue weighted by Crippen LogP contribution is -2.45. The van der Waals surface area contributed by atoms with Gasteiger partial charge in [-0.25, -0.2) is 4.98 Å². The van der Waals surface area contributed by atoms with E-state index in [1.807, 2.05) is 29.6 Å². The van der Waals surface area contributed by atoms with E-state index in [0.717, 1.165) is 43.6 Å². The molecule has 12 heteroatoms. The maximum Gasteiger partial charge on any atom is 0.471 e. The third-order valence-corrected chi connectivity index (χ3v) is 7.27. The number of carbonyl (C=O) groups is 1. The van der Waals surface area contributed by atoms with Crippen LogP contribution in [0.15, 0.2) is 30.5 Å². The summed E-state index contributed by atoms with van der Waals surface area (Å²) < 4.78 is 62.8. The maximum atomic E-state index is 14.3. The summed E-state index contributed by atoms with van der Waals surface area (Å²) in [6.07, 6.45) is 0.317. The molecule has 0 unspecified atom stereocenters. The van der Waals surface area contributed by atoms with Crippen molar-refractivity contribution in [3.63, 3.8) is 0 Å². The largest absolute Gasteiger partial charge is 0.475 e. The zero-order chi connectivity index (χ0) is 26.0. The molecule has 3 heterocycles. The number of rotatable bonds is 7.